The fraction of sp³-hybridized carbons (Fsp3) is 0.250. The molecular weight excluding hydrogens is 241 g/mol. The summed E-state index contributed by atoms with van der Waals surface area (Å²) in [5, 5.41) is 3.12. The Bertz CT molecular complexity index is 581. The third-order valence-electron chi connectivity index (χ3n) is 3.14. The van der Waals surface area contributed by atoms with Crippen molar-refractivity contribution in [2.45, 2.75) is 13.5 Å². The van der Waals surface area contributed by atoms with Gasteiger partial charge in [0, 0.05) is 12.1 Å². The molecule has 0 fully saturated rings. The SMILES string of the molecule is CNCc1cc(-c2ccc(F)c(C)c2)ccc1OC. The molecule has 0 amide bonds. The molecule has 3 heteroatoms. The van der Waals surface area contributed by atoms with Gasteiger partial charge in [0.25, 0.3) is 0 Å². The number of halogens is 1. The quantitative estimate of drug-likeness (QED) is 0.907. The van der Waals surface area contributed by atoms with Gasteiger partial charge in [0.2, 0.25) is 0 Å². The molecule has 2 aromatic rings. The molecule has 2 rings (SSSR count). The number of rotatable bonds is 4. The molecule has 0 bridgehead atoms. The Morgan fingerprint density at radius 2 is 1.79 bits per heavy atom. The lowest BCUT2D eigenvalue weighted by molar-refractivity contribution is 0.408. The fourth-order valence-corrected chi connectivity index (χ4v) is 2.11. The van der Waals surface area contributed by atoms with Gasteiger partial charge < -0.3 is 10.1 Å². The molecule has 0 radical (unpaired) electrons. The molecule has 0 aliphatic rings. The van der Waals surface area contributed by atoms with E-state index in [0.717, 1.165) is 29.0 Å². The van der Waals surface area contributed by atoms with Crippen LogP contribution in [0.3, 0.4) is 0 Å². The van der Waals surface area contributed by atoms with Crippen LogP contribution < -0.4 is 10.1 Å². The lowest BCUT2D eigenvalue weighted by atomic mass is 10.0. The topological polar surface area (TPSA) is 21.3 Å². The number of benzene rings is 2. The highest BCUT2D eigenvalue weighted by Gasteiger charge is 2.06. The van der Waals surface area contributed by atoms with E-state index in [1.165, 1.54) is 6.07 Å². The molecule has 0 aliphatic heterocycles. The van der Waals surface area contributed by atoms with Gasteiger partial charge in [-0.2, -0.15) is 0 Å². The van der Waals surface area contributed by atoms with Crippen LogP contribution in [-0.4, -0.2) is 14.2 Å². The van der Waals surface area contributed by atoms with Crippen molar-refractivity contribution in [3.05, 3.63) is 53.3 Å². The van der Waals surface area contributed by atoms with Crippen LogP contribution >= 0.6 is 0 Å². The molecule has 0 heterocycles. The van der Waals surface area contributed by atoms with E-state index in [-0.39, 0.29) is 5.82 Å². The minimum Gasteiger partial charge on any atom is -0.496 e. The highest BCUT2D eigenvalue weighted by atomic mass is 19.1. The zero-order valence-corrected chi connectivity index (χ0v) is 11.5. The van der Waals surface area contributed by atoms with E-state index in [1.54, 1.807) is 20.1 Å². The largest absolute Gasteiger partial charge is 0.496 e. The zero-order valence-electron chi connectivity index (χ0n) is 11.5. The van der Waals surface area contributed by atoms with Crippen LogP contribution in [0, 0.1) is 12.7 Å². The standard InChI is InChI=1S/C16H18FNO/c1-11-8-12(4-6-15(11)17)13-5-7-16(19-3)14(9-13)10-18-2/h4-9,18H,10H2,1-3H3. The normalized spacial score (nSPS) is 10.5. The number of methoxy groups -OCH3 is 1. The molecule has 0 atom stereocenters. The molecule has 0 saturated heterocycles. The van der Waals surface area contributed by atoms with Crippen molar-refractivity contribution in [2.24, 2.45) is 0 Å². The Morgan fingerprint density at radius 3 is 2.42 bits per heavy atom. The average molecular weight is 259 g/mol. The van der Waals surface area contributed by atoms with E-state index in [2.05, 4.69) is 11.4 Å². The van der Waals surface area contributed by atoms with Gasteiger partial charge >= 0.3 is 0 Å². The van der Waals surface area contributed by atoms with Crippen LogP contribution in [-0.2, 0) is 6.54 Å². The Kier molecular flexibility index (Phi) is 4.17. The van der Waals surface area contributed by atoms with Crippen LogP contribution in [0.2, 0.25) is 0 Å². The van der Waals surface area contributed by atoms with Crippen LogP contribution in [0.25, 0.3) is 11.1 Å². The Labute approximate surface area is 113 Å². The maximum absolute atomic E-state index is 13.3. The first-order valence-electron chi connectivity index (χ1n) is 6.23. The second-order valence-corrected chi connectivity index (χ2v) is 4.52. The molecule has 0 saturated carbocycles. The first-order valence-corrected chi connectivity index (χ1v) is 6.23. The average Bonchev–Trinajstić information content (AvgIpc) is 2.42. The Morgan fingerprint density at radius 1 is 1.11 bits per heavy atom. The molecular formula is C16H18FNO. The molecule has 2 aromatic carbocycles. The monoisotopic (exact) mass is 259 g/mol. The summed E-state index contributed by atoms with van der Waals surface area (Å²) in [6.07, 6.45) is 0. The highest BCUT2D eigenvalue weighted by molar-refractivity contribution is 5.66. The van der Waals surface area contributed by atoms with Gasteiger partial charge in [-0.25, -0.2) is 4.39 Å². The fourth-order valence-electron chi connectivity index (χ4n) is 2.11. The smallest absolute Gasteiger partial charge is 0.126 e. The third kappa shape index (κ3) is 2.93. The summed E-state index contributed by atoms with van der Waals surface area (Å²) in [5.74, 6) is 0.685. The lowest BCUT2D eigenvalue weighted by Crippen LogP contribution is -2.06. The van der Waals surface area contributed by atoms with E-state index in [1.807, 2.05) is 25.2 Å². The van der Waals surface area contributed by atoms with Gasteiger partial charge in [-0.3, -0.25) is 0 Å². The minimum atomic E-state index is -0.173. The first-order chi connectivity index (χ1) is 9.15. The lowest BCUT2D eigenvalue weighted by Gasteiger charge is -2.11. The number of aryl methyl sites for hydroxylation is 1. The third-order valence-corrected chi connectivity index (χ3v) is 3.14. The van der Waals surface area contributed by atoms with Crippen molar-refractivity contribution < 1.29 is 9.13 Å². The minimum absolute atomic E-state index is 0.173. The van der Waals surface area contributed by atoms with Crippen LogP contribution in [0.1, 0.15) is 11.1 Å². The van der Waals surface area contributed by atoms with Crippen LogP contribution in [0.4, 0.5) is 4.39 Å². The van der Waals surface area contributed by atoms with E-state index >= 15 is 0 Å². The van der Waals surface area contributed by atoms with Crippen molar-refractivity contribution in [3.63, 3.8) is 0 Å². The first kappa shape index (κ1) is 13.6. The summed E-state index contributed by atoms with van der Waals surface area (Å²) in [7, 11) is 3.56. The zero-order chi connectivity index (χ0) is 13.8. The molecule has 0 spiro atoms. The molecule has 2 nitrogen and oxygen atoms in total. The van der Waals surface area contributed by atoms with Gasteiger partial charge in [0.15, 0.2) is 0 Å². The number of hydrogen-bond acceptors (Lipinski definition) is 2. The van der Waals surface area contributed by atoms with Gasteiger partial charge in [-0.1, -0.05) is 12.1 Å². The summed E-state index contributed by atoms with van der Waals surface area (Å²) in [5.41, 5.74) is 3.82. The Hall–Kier alpha value is -1.87. The second kappa shape index (κ2) is 5.85. The van der Waals surface area contributed by atoms with Crippen molar-refractivity contribution in [2.75, 3.05) is 14.2 Å². The number of nitrogens with one attached hydrogen (secondary N) is 1. The van der Waals surface area contributed by atoms with Crippen molar-refractivity contribution >= 4 is 0 Å². The summed E-state index contributed by atoms with van der Waals surface area (Å²) in [6.45, 7) is 2.51. The van der Waals surface area contributed by atoms with Crippen molar-refractivity contribution in [1.82, 2.24) is 5.32 Å². The van der Waals surface area contributed by atoms with E-state index < -0.39 is 0 Å². The van der Waals surface area contributed by atoms with Gasteiger partial charge in [0.05, 0.1) is 7.11 Å². The van der Waals surface area contributed by atoms with E-state index in [0.29, 0.717) is 5.56 Å². The van der Waals surface area contributed by atoms with Crippen LogP contribution in [0.15, 0.2) is 36.4 Å². The summed E-state index contributed by atoms with van der Waals surface area (Å²) >= 11 is 0. The molecule has 100 valence electrons. The highest BCUT2D eigenvalue weighted by Crippen LogP contribution is 2.27. The van der Waals surface area contributed by atoms with Gasteiger partial charge in [0.1, 0.15) is 11.6 Å². The van der Waals surface area contributed by atoms with E-state index in [9.17, 15) is 4.39 Å². The molecule has 0 aromatic heterocycles. The predicted octanol–water partition coefficient (Wildman–Crippen LogP) is 3.53. The van der Waals surface area contributed by atoms with Crippen LogP contribution in [0.5, 0.6) is 5.75 Å². The molecule has 0 unspecified atom stereocenters. The summed E-state index contributed by atoms with van der Waals surface area (Å²) in [4.78, 5) is 0. The van der Waals surface area contributed by atoms with Crippen molar-refractivity contribution in [1.29, 1.82) is 0 Å². The molecule has 0 aliphatic carbocycles. The summed E-state index contributed by atoms with van der Waals surface area (Å²) < 4.78 is 18.6. The maximum atomic E-state index is 13.3. The van der Waals surface area contributed by atoms with Crippen molar-refractivity contribution in [3.8, 4) is 16.9 Å². The molecule has 19 heavy (non-hydrogen) atoms. The number of ether oxygens (including phenoxy) is 1. The number of hydrogen-bond donors (Lipinski definition) is 1. The van der Waals surface area contributed by atoms with Gasteiger partial charge in [-0.05, 0) is 54.9 Å². The maximum Gasteiger partial charge on any atom is 0.126 e. The van der Waals surface area contributed by atoms with E-state index in [4.69, 9.17) is 4.74 Å². The predicted molar refractivity (Wildman–Crippen MR) is 75.9 cm³/mol. The Balaban J connectivity index is 2.44. The summed E-state index contributed by atoms with van der Waals surface area (Å²) in [6, 6.07) is 11.2. The van der Waals surface area contributed by atoms with Gasteiger partial charge in [-0.15, -0.1) is 0 Å². The molecule has 1 N–H and O–H groups in total. The second-order valence-electron chi connectivity index (χ2n) is 4.52.